The van der Waals surface area contributed by atoms with Crippen molar-refractivity contribution in [3.05, 3.63) is 24.0 Å². The van der Waals surface area contributed by atoms with Crippen LogP contribution in [0.3, 0.4) is 0 Å². The zero-order valence-electron chi connectivity index (χ0n) is 8.26. The first-order valence-electron chi connectivity index (χ1n) is 4.70. The van der Waals surface area contributed by atoms with Crippen LogP contribution in [0.2, 0.25) is 0 Å². The molecule has 0 aromatic carbocycles. The van der Waals surface area contributed by atoms with Crippen molar-refractivity contribution in [1.29, 1.82) is 0 Å². The van der Waals surface area contributed by atoms with Gasteiger partial charge in [-0.15, -0.1) is 11.6 Å². The molecule has 1 N–H and O–H groups in total. The van der Waals surface area contributed by atoms with Gasteiger partial charge in [0.1, 0.15) is 0 Å². The number of halogens is 1. The van der Waals surface area contributed by atoms with E-state index in [2.05, 4.69) is 4.98 Å². The average molecular weight is 241 g/mol. The molecule has 1 amide bonds. The molecule has 2 rings (SSSR count). The number of aromatic carboxylic acids is 1. The Morgan fingerprint density at radius 1 is 1.56 bits per heavy atom. The van der Waals surface area contributed by atoms with E-state index in [0.717, 1.165) is 0 Å². The molecular formula is C10H9ClN2O3. The molecule has 1 saturated heterocycles. The summed E-state index contributed by atoms with van der Waals surface area (Å²) in [6, 6.07) is 1.42. The van der Waals surface area contributed by atoms with Crippen molar-refractivity contribution < 1.29 is 14.7 Å². The number of hydrogen-bond donors (Lipinski definition) is 1. The third-order valence-corrected chi connectivity index (χ3v) is 2.65. The summed E-state index contributed by atoms with van der Waals surface area (Å²) in [6.45, 7) is 0.394. The molecule has 84 valence electrons. The van der Waals surface area contributed by atoms with Gasteiger partial charge in [-0.05, 0) is 6.07 Å². The number of carboxylic acid groups (broad SMARTS) is 1. The fourth-order valence-corrected chi connectivity index (χ4v) is 1.88. The molecule has 0 aliphatic carbocycles. The van der Waals surface area contributed by atoms with Gasteiger partial charge in [-0.25, -0.2) is 4.79 Å². The molecule has 1 fully saturated rings. The molecule has 6 heteroatoms. The fraction of sp³-hybridized carbons (Fsp3) is 0.300. The Balaban J connectivity index is 2.30. The number of anilines is 1. The predicted octanol–water partition coefficient (Wildman–Crippen LogP) is 1.12. The highest BCUT2D eigenvalue weighted by molar-refractivity contribution is 6.24. The monoisotopic (exact) mass is 240 g/mol. The van der Waals surface area contributed by atoms with Gasteiger partial charge >= 0.3 is 5.97 Å². The van der Waals surface area contributed by atoms with E-state index in [1.165, 1.54) is 23.4 Å². The quantitative estimate of drug-likeness (QED) is 0.787. The van der Waals surface area contributed by atoms with Crippen LogP contribution in [0.15, 0.2) is 18.5 Å². The molecule has 1 aliphatic heterocycles. The van der Waals surface area contributed by atoms with Gasteiger partial charge in [0.2, 0.25) is 5.91 Å². The second-order valence-corrected chi connectivity index (χ2v) is 4.16. The molecule has 1 aliphatic rings. The van der Waals surface area contributed by atoms with Gasteiger partial charge in [-0.3, -0.25) is 9.78 Å². The van der Waals surface area contributed by atoms with Crippen molar-refractivity contribution in [2.45, 2.75) is 11.8 Å². The number of hydrogen-bond acceptors (Lipinski definition) is 3. The minimum absolute atomic E-state index is 0.0586. The highest BCUT2D eigenvalue weighted by atomic mass is 35.5. The van der Waals surface area contributed by atoms with E-state index >= 15 is 0 Å². The van der Waals surface area contributed by atoms with Crippen LogP contribution >= 0.6 is 11.6 Å². The van der Waals surface area contributed by atoms with Crippen molar-refractivity contribution in [1.82, 2.24) is 4.98 Å². The lowest BCUT2D eigenvalue weighted by atomic mass is 10.2. The van der Waals surface area contributed by atoms with Crippen LogP contribution in [0, 0.1) is 0 Å². The minimum Gasteiger partial charge on any atom is -0.478 e. The normalized spacial score (nSPS) is 20.2. The lowest BCUT2D eigenvalue weighted by Gasteiger charge is -2.15. The number of carbonyl (C=O) groups is 2. The molecule has 1 aromatic heterocycles. The number of rotatable bonds is 2. The van der Waals surface area contributed by atoms with E-state index in [1.54, 1.807) is 0 Å². The van der Waals surface area contributed by atoms with E-state index in [1.807, 2.05) is 0 Å². The van der Waals surface area contributed by atoms with Crippen LogP contribution in [-0.4, -0.2) is 33.9 Å². The first-order valence-corrected chi connectivity index (χ1v) is 5.14. The number of alkyl halides is 1. The highest BCUT2D eigenvalue weighted by Gasteiger charge is 2.29. The van der Waals surface area contributed by atoms with Gasteiger partial charge in [-0.1, -0.05) is 0 Å². The predicted molar refractivity (Wildman–Crippen MR) is 57.8 cm³/mol. The number of amides is 1. The summed E-state index contributed by atoms with van der Waals surface area (Å²) >= 11 is 5.85. The van der Waals surface area contributed by atoms with E-state index in [0.29, 0.717) is 12.2 Å². The molecule has 5 nitrogen and oxygen atoms in total. The maximum absolute atomic E-state index is 11.5. The van der Waals surface area contributed by atoms with Gasteiger partial charge in [0.25, 0.3) is 0 Å². The van der Waals surface area contributed by atoms with E-state index in [9.17, 15) is 9.59 Å². The molecule has 0 saturated carbocycles. The van der Waals surface area contributed by atoms with E-state index in [4.69, 9.17) is 16.7 Å². The molecule has 1 aromatic rings. The summed E-state index contributed by atoms with van der Waals surface area (Å²) in [5.41, 5.74) is 0.538. The Hall–Kier alpha value is -1.62. The van der Waals surface area contributed by atoms with Crippen molar-refractivity contribution in [3.8, 4) is 0 Å². The zero-order chi connectivity index (χ0) is 11.7. The fourth-order valence-electron chi connectivity index (χ4n) is 1.61. The Labute approximate surface area is 96.7 Å². The molecule has 1 atom stereocenters. The minimum atomic E-state index is -1.07. The first-order chi connectivity index (χ1) is 7.58. The van der Waals surface area contributed by atoms with E-state index in [-0.39, 0.29) is 23.3 Å². The Morgan fingerprint density at radius 3 is 2.88 bits per heavy atom. The van der Waals surface area contributed by atoms with Crippen molar-refractivity contribution in [3.63, 3.8) is 0 Å². The van der Waals surface area contributed by atoms with Crippen molar-refractivity contribution >= 4 is 29.2 Å². The smallest absolute Gasteiger partial charge is 0.337 e. The number of carbonyl (C=O) groups excluding carboxylic acids is 1. The van der Waals surface area contributed by atoms with Crippen LogP contribution in [0.1, 0.15) is 16.8 Å². The molecule has 0 bridgehead atoms. The second kappa shape index (κ2) is 4.09. The standard InChI is InChI=1S/C10H9ClN2O3/c11-7-2-9(14)13(5-7)8-1-6(10(15)16)3-12-4-8/h1,3-4,7H,2,5H2,(H,15,16). The van der Waals surface area contributed by atoms with Gasteiger partial charge < -0.3 is 10.0 Å². The maximum Gasteiger partial charge on any atom is 0.337 e. The molecule has 16 heavy (non-hydrogen) atoms. The summed E-state index contributed by atoms with van der Waals surface area (Å²) in [7, 11) is 0. The van der Waals surface area contributed by atoms with Crippen LogP contribution in [0.5, 0.6) is 0 Å². The second-order valence-electron chi connectivity index (χ2n) is 3.54. The van der Waals surface area contributed by atoms with E-state index < -0.39 is 5.97 Å². The molecule has 1 unspecified atom stereocenters. The SMILES string of the molecule is O=C(O)c1cncc(N2CC(Cl)CC2=O)c1. The van der Waals surface area contributed by atoms with Gasteiger partial charge in [0.05, 0.1) is 22.8 Å². The molecule has 0 radical (unpaired) electrons. The zero-order valence-corrected chi connectivity index (χ0v) is 9.02. The lowest BCUT2D eigenvalue weighted by Crippen LogP contribution is -2.25. The molecule has 2 heterocycles. The van der Waals surface area contributed by atoms with Crippen LogP contribution < -0.4 is 4.90 Å². The highest BCUT2D eigenvalue weighted by Crippen LogP contribution is 2.24. The third kappa shape index (κ3) is 1.99. The Bertz CT molecular complexity index is 449. The van der Waals surface area contributed by atoms with Crippen LogP contribution in [0.4, 0.5) is 5.69 Å². The summed E-state index contributed by atoms with van der Waals surface area (Å²) in [4.78, 5) is 27.5. The van der Waals surface area contributed by atoms with Crippen molar-refractivity contribution in [2.24, 2.45) is 0 Å². The topological polar surface area (TPSA) is 70.5 Å². The number of carboxylic acids is 1. The summed E-state index contributed by atoms with van der Waals surface area (Å²) in [5.74, 6) is -1.17. The number of aromatic nitrogens is 1. The number of nitrogens with zero attached hydrogens (tertiary/aromatic N) is 2. The summed E-state index contributed by atoms with van der Waals surface area (Å²) in [6.07, 6.45) is 2.97. The third-order valence-electron chi connectivity index (χ3n) is 2.36. The Morgan fingerprint density at radius 2 is 2.31 bits per heavy atom. The molecule has 0 spiro atoms. The van der Waals surface area contributed by atoms with Crippen LogP contribution in [-0.2, 0) is 4.79 Å². The average Bonchev–Trinajstić information content (AvgIpc) is 2.58. The summed E-state index contributed by atoms with van der Waals surface area (Å²) < 4.78 is 0. The van der Waals surface area contributed by atoms with Gasteiger partial charge in [0.15, 0.2) is 0 Å². The lowest BCUT2D eigenvalue weighted by molar-refractivity contribution is -0.117. The first kappa shape index (κ1) is 10.9. The largest absolute Gasteiger partial charge is 0.478 e. The Kier molecular flexibility index (Phi) is 2.78. The van der Waals surface area contributed by atoms with Crippen molar-refractivity contribution in [2.75, 3.05) is 11.4 Å². The number of pyridine rings is 1. The van der Waals surface area contributed by atoms with Gasteiger partial charge in [-0.2, -0.15) is 0 Å². The van der Waals surface area contributed by atoms with Crippen LogP contribution in [0.25, 0.3) is 0 Å². The van der Waals surface area contributed by atoms with Gasteiger partial charge in [0, 0.05) is 19.2 Å². The summed E-state index contributed by atoms with van der Waals surface area (Å²) in [5, 5.41) is 8.58. The molecular weight excluding hydrogens is 232 g/mol. The maximum atomic E-state index is 11.5.